The maximum atomic E-state index is 5.15. The van der Waals surface area contributed by atoms with Gasteiger partial charge < -0.3 is 9.72 Å². The summed E-state index contributed by atoms with van der Waals surface area (Å²) in [5.41, 5.74) is 2.21. The molecule has 1 heterocycles. The molecular weight excluding hydrogens is 194 g/mol. The molecule has 0 aliphatic carbocycles. The van der Waals surface area contributed by atoms with Gasteiger partial charge in [0.15, 0.2) is 0 Å². The van der Waals surface area contributed by atoms with Crippen molar-refractivity contribution < 1.29 is 4.74 Å². The molecule has 2 aromatic rings. The van der Waals surface area contributed by atoms with E-state index in [9.17, 15) is 0 Å². The molecule has 14 heavy (non-hydrogen) atoms. The summed E-state index contributed by atoms with van der Waals surface area (Å²) in [4.78, 5) is 3.14. The number of H-pyrrole nitrogens is 1. The van der Waals surface area contributed by atoms with E-state index in [0.717, 1.165) is 15.9 Å². The van der Waals surface area contributed by atoms with Gasteiger partial charge in [-0.25, -0.2) is 0 Å². The van der Waals surface area contributed by atoms with Crippen LogP contribution in [0.5, 0.6) is 5.75 Å². The molecule has 0 bridgehead atoms. The van der Waals surface area contributed by atoms with E-state index < -0.39 is 0 Å². The van der Waals surface area contributed by atoms with Crippen LogP contribution in [0.1, 0.15) is 5.56 Å². The first-order chi connectivity index (χ1) is 6.70. The maximum absolute atomic E-state index is 5.15. The summed E-state index contributed by atoms with van der Waals surface area (Å²) >= 11 is 5.11. The number of ether oxygens (including phenoxy) is 1. The number of pyridine rings is 1. The van der Waals surface area contributed by atoms with E-state index >= 15 is 0 Å². The Labute approximate surface area is 87.5 Å². The van der Waals surface area contributed by atoms with Gasteiger partial charge in [0, 0.05) is 11.5 Å². The second-order valence-electron chi connectivity index (χ2n) is 3.23. The van der Waals surface area contributed by atoms with Crippen LogP contribution >= 0.6 is 12.2 Å². The number of hydrogen-bond donors (Lipinski definition) is 1. The van der Waals surface area contributed by atoms with Crippen molar-refractivity contribution >= 4 is 23.1 Å². The SMILES string of the molecule is COc1ccc2c(C)cc(=S)[nH]c2c1. The number of benzene rings is 1. The number of hydrogen-bond acceptors (Lipinski definition) is 2. The molecule has 0 aliphatic heterocycles. The average molecular weight is 205 g/mol. The number of aryl methyl sites for hydroxylation is 1. The van der Waals surface area contributed by atoms with Crippen LogP contribution < -0.4 is 4.74 Å². The summed E-state index contributed by atoms with van der Waals surface area (Å²) < 4.78 is 5.90. The number of methoxy groups -OCH3 is 1. The lowest BCUT2D eigenvalue weighted by Crippen LogP contribution is -1.87. The van der Waals surface area contributed by atoms with Gasteiger partial charge in [0.2, 0.25) is 0 Å². The Morgan fingerprint density at radius 3 is 2.79 bits per heavy atom. The third-order valence-corrected chi connectivity index (χ3v) is 2.48. The van der Waals surface area contributed by atoms with E-state index in [1.807, 2.05) is 24.3 Å². The normalized spacial score (nSPS) is 10.4. The van der Waals surface area contributed by atoms with Gasteiger partial charge in [-0.2, -0.15) is 0 Å². The number of aromatic amines is 1. The summed E-state index contributed by atoms with van der Waals surface area (Å²) in [6.07, 6.45) is 0. The molecule has 1 aromatic carbocycles. The zero-order chi connectivity index (χ0) is 10.1. The molecule has 0 fully saturated rings. The minimum Gasteiger partial charge on any atom is -0.497 e. The Hall–Kier alpha value is -1.35. The lowest BCUT2D eigenvalue weighted by atomic mass is 10.1. The Bertz CT molecular complexity index is 530. The Morgan fingerprint density at radius 2 is 2.07 bits per heavy atom. The van der Waals surface area contributed by atoms with Crippen LogP contribution in [0.3, 0.4) is 0 Å². The minimum absolute atomic E-state index is 0.753. The fourth-order valence-electron chi connectivity index (χ4n) is 1.54. The molecule has 2 nitrogen and oxygen atoms in total. The standard InChI is InChI=1S/C11H11NOS/c1-7-5-11(14)12-10-6-8(13-2)3-4-9(7)10/h3-6H,1-2H3,(H,12,14). The molecule has 2 rings (SSSR count). The summed E-state index contributed by atoms with van der Waals surface area (Å²) in [6, 6.07) is 7.91. The van der Waals surface area contributed by atoms with Crippen LogP contribution in [0.25, 0.3) is 10.9 Å². The van der Waals surface area contributed by atoms with Crippen molar-refractivity contribution in [2.75, 3.05) is 7.11 Å². The average Bonchev–Trinajstić information content (AvgIpc) is 2.16. The highest BCUT2D eigenvalue weighted by Crippen LogP contribution is 2.21. The lowest BCUT2D eigenvalue weighted by Gasteiger charge is -2.04. The quantitative estimate of drug-likeness (QED) is 0.723. The molecule has 1 N–H and O–H groups in total. The van der Waals surface area contributed by atoms with Crippen molar-refractivity contribution in [2.45, 2.75) is 6.92 Å². The second kappa shape index (κ2) is 3.42. The van der Waals surface area contributed by atoms with E-state index in [1.165, 1.54) is 10.9 Å². The van der Waals surface area contributed by atoms with Crippen LogP contribution in [0.15, 0.2) is 24.3 Å². The zero-order valence-corrected chi connectivity index (χ0v) is 8.94. The highest BCUT2D eigenvalue weighted by Gasteiger charge is 1.99. The second-order valence-corrected chi connectivity index (χ2v) is 3.67. The first-order valence-corrected chi connectivity index (χ1v) is 4.79. The predicted octanol–water partition coefficient (Wildman–Crippen LogP) is 3.21. The minimum atomic E-state index is 0.753. The van der Waals surface area contributed by atoms with E-state index in [2.05, 4.69) is 11.9 Å². The zero-order valence-electron chi connectivity index (χ0n) is 8.13. The Kier molecular flexibility index (Phi) is 2.25. The largest absolute Gasteiger partial charge is 0.497 e. The van der Waals surface area contributed by atoms with Crippen molar-refractivity contribution in [1.29, 1.82) is 0 Å². The van der Waals surface area contributed by atoms with Gasteiger partial charge in [0.05, 0.1) is 12.6 Å². The molecular formula is C11H11NOS. The summed E-state index contributed by atoms with van der Waals surface area (Å²) in [6.45, 7) is 2.05. The number of nitrogens with one attached hydrogen (secondary N) is 1. The van der Waals surface area contributed by atoms with Gasteiger partial charge in [0.25, 0.3) is 0 Å². The highest BCUT2D eigenvalue weighted by molar-refractivity contribution is 7.71. The van der Waals surface area contributed by atoms with Crippen LogP contribution in [-0.2, 0) is 0 Å². The molecule has 1 aromatic heterocycles. The first-order valence-electron chi connectivity index (χ1n) is 4.38. The van der Waals surface area contributed by atoms with Crippen molar-refractivity contribution in [1.82, 2.24) is 4.98 Å². The molecule has 0 spiro atoms. The van der Waals surface area contributed by atoms with E-state index in [4.69, 9.17) is 17.0 Å². The van der Waals surface area contributed by atoms with Gasteiger partial charge >= 0.3 is 0 Å². The summed E-state index contributed by atoms with van der Waals surface area (Å²) in [5, 5.41) is 1.18. The molecule has 0 saturated carbocycles. The van der Waals surface area contributed by atoms with Crippen LogP contribution in [0.4, 0.5) is 0 Å². The monoisotopic (exact) mass is 205 g/mol. The molecule has 0 radical (unpaired) electrons. The predicted molar refractivity (Wildman–Crippen MR) is 60.4 cm³/mol. The van der Waals surface area contributed by atoms with Crippen molar-refractivity contribution in [2.24, 2.45) is 0 Å². The fraction of sp³-hybridized carbons (Fsp3) is 0.182. The van der Waals surface area contributed by atoms with Crippen molar-refractivity contribution in [3.63, 3.8) is 0 Å². The summed E-state index contributed by atoms with van der Waals surface area (Å²) in [7, 11) is 1.66. The van der Waals surface area contributed by atoms with Crippen molar-refractivity contribution in [3.05, 3.63) is 34.5 Å². The molecule has 0 unspecified atom stereocenters. The molecule has 0 aliphatic rings. The Morgan fingerprint density at radius 1 is 1.29 bits per heavy atom. The van der Waals surface area contributed by atoms with Crippen molar-refractivity contribution in [3.8, 4) is 5.75 Å². The van der Waals surface area contributed by atoms with Gasteiger partial charge in [-0.3, -0.25) is 0 Å². The number of fused-ring (bicyclic) bond motifs is 1. The fourth-order valence-corrected chi connectivity index (χ4v) is 1.83. The highest BCUT2D eigenvalue weighted by atomic mass is 32.1. The Balaban J connectivity index is 2.82. The van der Waals surface area contributed by atoms with Crippen LogP contribution in [0, 0.1) is 11.6 Å². The van der Waals surface area contributed by atoms with Gasteiger partial charge in [-0.15, -0.1) is 0 Å². The van der Waals surface area contributed by atoms with E-state index in [0.29, 0.717) is 0 Å². The van der Waals surface area contributed by atoms with Crippen LogP contribution in [0.2, 0.25) is 0 Å². The first kappa shape index (κ1) is 9.21. The molecule has 3 heteroatoms. The molecule has 0 saturated heterocycles. The van der Waals surface area contributed by atoms with E-state index in [-0.39, 0.29) is 0 Å². The maximum Gasteiger partial charge on any atom is 0.120 e. The van der Waals surface area contributed by atoms with Gasteiger partial charge in [-0.05, 0) is 30.7 Å². The smallest absolute Gasteiger partial charge is 0.120 e. The third kappa shape index (κ3) is 1.51. The van der Waals surface area contributed by atoms with Crippen LogP contribution in [-0.4, -0.2) is 12.1 Å². The topological polar surface area (TPSA) is 25.0 Å². The number of aromatic nitrogens is 1. The third-order valence-electron chi connectivity index (χ3n) is 2.26. The molecule has 0 atom stereocenters. The molecule has 0 amide bonds. The summed E-state index contributed by atoms with van der Waals surface area (Å²) in [5.74, 6) is 0.841. The lowest BCUT2D eigenvalue weighted by molar-refractivity contribution is 0.415. The van der Waals surface area contributed by atoms with Gasteiger partial charge in [0.1, 0.15) is 10.4 Å². The van der Waals surface area contributed by atoms with E-state index in [1.54, 1.807) is 7.11 Å². The molecule has 72 valence electrons. The number of rotatable bonds is 1. The van der Waals surface area contributed by atoms with Gasteiger partial charge in [-0.1, -0.05) is 12.2 Å².